The van der Waals surface area contributed by atoms with Crippen LogP contribution >= 0.6 is 12.2 Å². The van der Waals surface area contributed by atoms with Crippen LogP contribution in [0.1, 0.15) is 19.4 Å². The summed E-state index contributed by atoms with van der Waals surface area (Å²) < 4.78 is 5.74. The Balaban J connectivity index is 1.93. The molecule has 1 heterocycles. The van der Waals surface area contributed by atoms with Gasteiger partial charge in [-0.3, -0.25) is 4.90 Å². The highest BCUT2D eigenvalue weighted by atomic mass is 32.1. The quantitative estimate of drug-likeness (QED) is 0.828. The molecule has 1 aromatic carbocycles. The highest BCUT2D eigenvalue weighted by Gasteiger charge is 2.21. The van der Waals surface area contributed by atoms with Gasteiger partial charge in [-0.1, -0.05) is 12.1 Å². The number of morpholine rings is 1. The summed E-state index contributed by atoms with van der Waals surface area (Å²) in [5.41, 5.74) is 7.66. The molecule has 19 heavy (non-hydrogen) atoms. The number of anilines is 1. The van der Waals surface area contributed by atoms with Gasteiger partial charge in [0.1, 0.15) is 0 Å². The molecule has 0 amide bonds. The molecule has 5 heteroatoms. The lowest BCUT2D eigenvalue weighted by Gasteiger charge is -2.35. The molecule has 0 bridgehead atoms. The minimum absolute atomic E-state index is 0.295. The van der Waals surface area contributed by atoms with Crippen LogP contribution in [0.25, 0.3) is 0 Å². The normalized spacial score (nSPS) is 24.1. The third-order valence-electron chi connectivity index (χ3n) is 3.12. The maximum atomic E-state index is 5.74. The molecule has 1 saturated heterocycles. The molecule has 3 N–H and O–H groups in total. The topological polar surface area (TPSA) is 50.5 Å². The summed E-state index contributed by atoms with van der Waals surface area (Å²) in [5.74, 6) is 0. The van der Waals surface area contributed by atoms with E-state index in [0.29, 0.717) is 17.3 Å². The molecule has 2 rings (SSSR count). The molecular formula is C14H21N3OS. The van der Waals surface area contributed by atoms with Crippen molar-refractivity contribution in [3.63, 3.8) is 0 Å². The van der Waals surface area contributed by atoms with Crippen molar-refractivity contribution in [2.45, 2.75) is 32.6 Å². The fourth-order valence-electron chi connectivity index (χ4n) is 2.51. The molecule has 0 aliphatic carbocycles. The van der Waals surface area contributed by atoms with E-state index in [4.69, 9.17) is 22.7 Å². The number of ether oxygens (including phenoxy) is 1. The molecule has 104 valence electrons. The molecule has 0 spiro atoms. The van der Waals surface area contributed by atoms with Gasteiger partial charge < -0.3 is 15.8 Å². The SMILES string of the molecule is CC1CN(Cc2ccc(NC(N)=S)cc2)CC(C)O1. The number of hydrogen-bond donors (Lipinski definition) is 2. The van der Waals surface area contributed by atoms with Crippen LogP contribution in [0.4, 0.5) is 5.69 Å². The number of rotatable bonds is 3. The summed E-state index contributed by atoms with van der Waals surface area (Å²) in [6, 6.07) is 8.21. The van der Waals surface area contributed by atoms with Crippen molar-refractivity contribution in [1.29, 1.82) is 0 Å². The first kappa shape index (κ1) is 14.2. The number of nitrogens with two attached hydrogens (primary N) is 1. The zero-order valence-corrected chi connectivity index (χ0v) is 12.2. The Labute approximate surface area is 119 Å². The van der Waals surface area contributed by atoms with Gasteiger partial charge in [0.15, 0.2) is 5.11 Å². The summed E-state index contributed by atoms with van der Waals surface area (Å²) in [5, 5.41) is 3.22. The molecule has 1 aliphatic rings. The summed E-state index contributed by atoms with van der Waals surface area (Å²) >= 11 is 4.81. The second-order valence-corrected chi connectivity index (χ2v) is 5.58. The van der Waals surface area contributed by atoms with Crippen molar-refractivity contribution in [3.8, 4) is 0 Å². The van der Waals surface area contributed by atoms with Gasteiger partial charge in [-0.05, 0) is 43.8 Å². The number of nitrogens with zero attached hydrogens (tertiary/aromatic N) is 1. The maximum absolute atomic E-state index is 5.74. The van der Waals surface area contributed by atoms with Gasteiger partial charge in [-0.25, -0.2) is 0 Å². The third kappa shape index (κ3) is 4.45. The van der Waals surface area contributed by atoms with Crippen molar-refractivity contribution in [2.75, 3.05) is 18.4 Å². The summed E-state index contributed by atoms with van der Waals surface area (Å²) in [6.07, 6.45) is 0.610. The molecule has 4 nitrogen and oxygen atoms in total. The number of benzene rings is 1. The Morgan fingerprint density at radius 3 is 2.42 bits per heavy atom. The monoisotopic (exact) mass is 279 g/mol. The van der Waals surface area contributed by atoms with Crippen LogP contribution in [0, 0.1) is 0 Å². The van der Waals surface area contributed by atoms with Crippen molar-refractivity contribution in [1.82, 2.24) is 4.90 Å². The Morgan fingerprint density at radius 2 is 1.89 bits per heavy atom. The first-order valence-corrected chi connectivity index (χ1v) is 6.97. The average molecular weight is 279 g/mol. The molecule has 0 aromatic heterocycles. The van der Waals surface area contributed by atoms with E-state index in [1.165, 1.54) is 5.56 Å². The summed E-state index contributed by atoms with van der Waals surface area (Å²) in [7, 11) is 0. The van der Waals surface area contributed by atoms with E-state index in [0.717, 1.165) is 25.3 Å². The Morgan fingerprint density at radius 1 is 1.32 bits per heavy atom. The molecule has 1 aromatic rings. The van der Waals surface area contributed by atoms with E-state index in [2.05, 4.69) is 36.2 Å². The Bertz CT molecular complexity index is 425. The third-order valence-corrected chi connectivity index (χ3v) is 3.22. The average Bonchev–Trinajstić information content (AvgIpc) is 2.29. The second-order valence-electron chi connectivity index (χ2n) is 5.14. The highest BCUT2D eigenvalue weighted by molar-refractivity contribution is 7.80. The van der Waals surface area contributed by atoms with Crippen LogP contribution < -0.4 is 11.1 Å². The predicted molar refractivity (Wildman–Crippen MR) is 82.1 cm³/mol. The summed E-state index contributed by atoms with van der Waals surface area (Å²) in [4.78, 5) is 2.43. The van der Waals surface area contributed by atoms with Gasteiger partial charge in [0.05, 0.1) is 12.2 Å². The van der Waals surface area contributed by atoms with Crippen LogP contribution in [0.5, 0.6) is 0 Å². The minimum Gasteiger partial charge on any atom is -0.376 e. The molecular weight excluding hydrogens is 258 g/mol. The Hall–Kier alpha value is -1.17. The zero-order valence-electron chi connectivity index (χ0n) is 11.4. The Kier molecular flexibility index (Phi) is 4.74. The minimum atomic E-state index is 0.295. The van der Waals surface area contributed by atoms with Crippen LogP contribution in [0.2, 0.25) is 0 Å². The van der Waals surface area contributed by atoms with E-state index in [9.17, 15) is 0 Å². The van der Waals surface area contributed by atoms with Crippen LogP contribution in [0.3, 0.4) is 0 Å². The molecule has 0 saturated carbocycles. The first-order chi connectivity index (χ1) is 9.02. The molecule has 2 atom stereocenters. The van der Waals surface area contributed by atoms with Gasteiger partial charge in [0.2, 0.25) is 0 Å². The van der Waals surface area contributed by atoms with Crippen molar-refractivity contribution in [2.24, 2.45) is 5.73 Å². The smallest absolute Gasteiger partial charge is 0.168 e. The zero-order chi connectivity index (χ0) is 13.8. The predicted octanol–water partition coefficient (Wildman–Crippen LogP) is 1.95. The standard InChI is InChI=1S/C14H21N3OS/c1-10-7-17(8-11(2)18-10)9-12-3-5-13(6-4-12)16-14(15)19/h3-6,10-11H,7-9H2,1-2H3,(H3,15,16,19). The molecule has 1 fully saturated rings. The lowest BCUT2D eigenvalue weighted by atomic mass is 10.1. The first-order valence-electron chi connectivity index (χ1n) is 6.56. The van der Waals surface area contributed by atoms with E-state index in [1.54, 1.807) is 0 Å². The van der Waals surface area contributed by atoms with Gasteiger partial charge in [0.25, 0.3) is 0 Å². The van der Waals surface area contributed by atoms with E-state index in [-0.39, 0.29) is 0 Å². The van der Waals surface area contributed by atoms with Crippen molar-refractivity contribution >= 4 is 23.0 Å². The van der Waals surface area contributed by atoms with Gasteiger partial charge in [0, 0.05) is 25.3 Å². The van der Waals surface area contributed by atoms with E-state index < -0.39 is 0 Å². The molecule has 1 aliphatic heterocycles. The van der Waals surface area contributed by atoms with Gasteiger partial charge in [-0.2, -0.15) is 0 Å². The highest BCUT2D eigenvalue weighted by Crippen LogP contribution is 2.16. The van der Waals surface area contributed by atoms with Gasteiger partial charge in [-0.15, -0.1) is 0 Å². The lowest BCUT2D eigenvalue weighted by molar-refractivity contribution is -0.0704. The second kappa shape index (κ2) is 6.32. The molecule has 0 radical (unpaired) electrons. The fraction of sp³-hybridized carbons (Fsp3) is 0.500. The summed E-state index contributed by atoms with van der Waals surface area (Å²) in [6.45, 7) is 7.16. The lowest BCUT2D eigenvalue weighted by Crippen LogP contribution is -2.44. The number of hydrogen-bond acceptors (Lipinski definition) is 3. The van der Waals surface area contributed by atoms with E-state index >= 15 is 0 Å². The van der Waals surface area contributed by atoms with Crippen LogP contribution in [-0.2, 0) is 11.3 Å². The van der Waals surface area contributed by atoms with Crippen LogP contribution in [-0.4, -0.2) is 35.3 Å². The van der Waals surface area contributed by atoms with Crippen LogP contribution in [0.15, 0.2) is 24.3 Å². The fourth-order valence-corrected chi connectivity index (χ4v) is 2.63. The number of thiocarbonyl (C=S) groups is 1. The van der Waals surface area contributed by atoms with Crippen molar-refractivity contribution in [3.05, 3.63) is 29.8 Å². The largest absolute Gasteiger partial charge is 0.376 e. The van der Waals surface area contributed by atoms with E-state index in [1.807, 2.05) is 12.1 Å². The number of nitrogens with one attached hydrogen (secondary N) is 1. The van der Waals surface area contributed by atoms with Gasteiger partial charge >= 0.3 is 0 Å². The maximum Gasteiger partial charge on any atom is 0.168 e. The van der Waals surface area contributed by atoms with Crippen molar-refractivity contribution < 1.29 is 4.74 Å². The molecule has 2 unspecified atom stereocenters.